The zero-order valence-corrected chi connectivity index (χ0v) is 18.4. The number of rotatable bonds is 5. The zero-order chi connectivity index (χ0) is 22.0. The molecule has 0 bridgehead atoms. The van der Waals surface area contributed by atoms with Gasteiger partial charge in [0.2, 0.25) is 0 Å². The smallest absolute Gasteiger partial charge is 0.254 e. The van der Waals surface area contributed by atoms with E-state index in [4.69, 9.17) is 16.6 Å². The standard InChI is InChI=1S/C24H26ClFN4O/c1-30(2)21-14-22(29-20-9-4-3-6-17(20)21)27-15-10-12-16(13-11-15)28-24(31)18-7-5-8-19(25)23(18)26/h3-9,14-16H,10-13H2,1-2H3,(H,27,29)(H,28,31). The van der Waals surface area contributed by atoms with Crippen LogP contribution in [-0.2, 0) is 0 Å². The van der Waals surface area contributed by atoms with Crippen molar-refractivity contribution >= 4 is 39.9 Å². The first-order chi connectivity index (χ1) is 14.9. The van der Waals surface area contributed by atoms with Crippen molar-refractivity contribution in [2.75, 3.05) is 24.3 Å². The summed E-state index contributed by atoms with van der Waals surface area (Å²) in [5.41, 5.74) is 2.07. The lowest BCUT2D eigenvalue weighted by Crippen LogP contribution is -2.40. The molecule has 0 saturated heterocycles. The van der Waals surface area contributed by atoms with Gasteiger partial charge in [0.25, 0.3) is 5.91 Å². The molecule has 5 nitrogen and oxygen atoms in total. The van der Waals surface area contributed by atoms with Gasteiger partial charge in [0, 0.05) is 43.3 Å². The summed E-state index contributed by atoms with van der Waals surface area (Å²) in [7, 11) is 4.06. The molecule has 1 aromatic heterocycles. The highest BCUT2D eigenvalue weighted by Gasteiger charge is 2.24. The molecular weight excluding hydrogens is 415 g/mol. The highest BCUT2D eigenvalue weighted by Crippen LogP contribution is 2.29. The molecule has 1 heterocycles. The van der Waals surface area contributed by atoms with Crippen molar-refractivity contribution in [3.8, 4) is 0 Å². The minimum absolute atomic E-state index is 0.00988. The first-order valence-electron chi connectivity index (χ1n) is 10.5. The number of amides is 1. The van der Waals surface area contributed by atoms with Crippen LogP contribution in [0, 0.1) is 5.82 Å². The summed E-state index contributed by atoms with van der Waals surface area (Å²) >= 11 is 5.79. The van der Waals surface area contributed by atoms with E-state index >= 15 is 0 Å². The number of carbonyl (C=O) groups is 1. The van der Waals surface area contributed by atoms with Crippen LogP contribution in [0.2, 0.25) is 5.02 Å². The molecule has 1 saturated carbocycles. The molecule has 0 aliphatic heterocycles. The van der Waals surface area contributed by atoms with Crippen molar-refractivity contribution in [1.82, 2.24) is 10.3 Å². The van der Waals surface area contributed by atoms with Crippen molar-refractivity contribution in [2.24, 2.45) is 0 Å². The molecule has 1 aliphatic carbocycles. The Morgan fingerprint density at radius 1 is 1.06 bits per heavy atom. The maximum absolute atomic E-state index is 14.1. The Labute approximate surface area is 186 Å². The maximum Gasteiger partial charge on any atom is 0.254 e. The van der Waals surface area contributed by atoms with Crippen molar-refractivity contribution in [3.05, 3.63) is 64.9 Å². The molecule has 3 aromatic rings. The molecule has 0 atom stereocenters. The number of hydrogen-bond acceptors (Lipinski definition) is 4. The van der Waals surface area contributed by atoms with Gasteiger partial charge in [-0.05, 0) is 43.9 Å². The van der Waals surface area contributed by atoms with E-state index < -0.39 is 11.7 Å². The lowest BCUT2D eigenvalue weighted by atomic mass is 9.91. The minimum Gasteiger partial charge on any atom is -0.377 e. The number of benzene rings is 2. The molecule has 1 amide bonds. The van der Waals surface area contributed by atoms with Crippen molar-refractivity contribution in [2.45, 2.75) is 37.8 Å². The first kappa shape index (κ1) is 21.4. The highest BCUT2D eigenvalue weighted by molar-refractivity contribution is 6.31. The van der Waals surface area contributed by atoms with E-state index in [1.807, 2.05) is 32.3 Å². The van der Waals surface area contributed by atoms with Gasteiger partial charge >= 0.3 is 0 Å². The molecule has 0 radical (unpaired) electrons. The number of nitrogens with zero attached hydrogens (tertiary/aromatic N) is 2. The summed E-state index contributed by atoms with van der Waals surface area (Å²) in [5.74, 6) is -0.227. The second kappa shape index (κ2) is 9.10. The molecule has 0 unspecified atom stereocenters. The Morgan fingerprint density at radius 3 is 2.52 bits per heavy atom. The number of hydrogen-bond donors (Lipinski definition) is 2. The van der Waals surface area contributed by atoms with Crippen molar-refractivity contribution in [3.63, 3.8) is 0 Å². The van der Waals surface area contributed by atoms with Crippen LogP contribution in [0.3, 0.4) is 0 Å². The van der Waals surface area contributed by atoms with E-state index in [-0.39, 0.29) is 22.7 Å². The van der Waals surface area contributed by atoms with Gasteiger partial charge in [0.1, 0.15) is 5.82 Å². The van der Waals surface area contributed by atoms with Crippen LogP contribution in [0.1, 0.15) is 36.0 Å². The number of para-hydroxylation sites is 1. The van der Waals surface area contributed by atoms with Gasteiger partial charge in [-0.2, -0.15) is 0 Å². The third-order valence-corrected chi connectivity index (χ3v) is 6.08. The third kappa shape index (κ3) is 4.74. The summed E-state index contributed by atoms with van der Waals surface area (Å²) < 4.78 is 14.1. The van der Waals surface area contributed by atoms with Crippen LogP contribution in [0.4, 0.5) is 15.9 Å². The average Bonchev–Trinajstić information content (AvgIpc) is 2.76. The Balaban J connectivity index is 1.38. The van der Waals surface area contributed by atoms with Crippen molar-refractivity contribution < 1.29 is 9.18 Å². The van der Waals surface area contributed by atoms with E-state index in [0.29, 0.717) is 0 Å². The molecule has 2 N–H and O–H groups in total. The summed E-state index contributed by atoms with van der Waals surface area (Å²) in [4.78, 5) is 19.3. The highest BCUT2D eigenvalue weighted by atomic mass is 35.5. The fraction of sp³-hybridized carbons (Fsp3) is 0.333. The fourth-order valence-corrected chi connectivity index (χ4v) is 4.31. The number of halogens is 2. The van der Waals surface area contributed by atoms with Crippen LogP contribution in [-0.4, -0.2) is 37.1 Å². The number of anilines is 2. The predicted molar refractivity (Wildman–Crippen MR) is 125 cm³/mol. The lowest BCUT2D eigenvalue weighted by Gasteiger charge is -2.30. The molecule has 4 rings (SSSR count). The lowest BCUT2D eigenvalue weighted by molar-refractivity contribution is 0.0922. The predicted octanol–water partition coefficient (Wildman–Crippen LogP) is 5.25. The SMILES string of the molecule is CN(C)c1cc(NC2CCC(NC(=O)c3cccc(Cl)c3F)CC2)nc2ccccc12. The molecule has 1 fully saturated rings. The Morgan fingerprint density at radius 2 is 1.77 bits per heavy atom. The van der Waals surface area contributed by atoms with Crippen LogP contribution >= 0.6 is 11.6 Å². The van der Waals surface area contributed by atoms with Crippen molar-refractivity contribution in [1.29, 1.82) is 0 Å². The van der Waals surface area contributed by atoms with E-state index in [2.05, 4.69) is 27.7 Å². The minimum atomic E-state index is -0.670. The Hall–Kier alpha value is -2.86. The largest absolute Gasteiger partial charge is 0.377 e. The number of carbonyl (C=O) groups excluding carboxylic acids is 1. The van der Waals surface area contributed by atoms with Gasteiger partial charge < -0.3 is 15.5 Å². The number of pyridine rings is 1. The van der Waals surface area contributed by atoms with Crippen LogP contribution < -0.4 is 15.5 Å². The molecule has 7 heteroatoms. The molecule has 31 heavy (non-hydrogen) atoms. The van der Waals surface area contributed by atoms with Gasteiger partial charge in [0.05, 0.1) is 16.1 Å². The molecular formula is C24H26ClFN4O. The Bertz CT molecular complexity index is 1100. The fourth-order valence-electron chi connectivity index (χ4n) is 4.13. The molecule has 1 aliphatic rings. The van der Waals surface area contributed by atoms with E-state index in [1.165, 1.54) is 12.1 Å². The van der Waals surface area contributed by atoms with Gasteiger partial charge in [-0.15, -0.1) is 0 Å². The van der Waals surface area contributed by atoms with E-state index in [9.17, 15) is 9.18 Å². The van der Waals surface area contributed by atoms with Gasteiger partial charge in [-0.1, -0.05) is 35.9 Å². The van der Waals surface area contributed by atoms with Gasteiger partial charge in [-0.3, -0.25) is 4.79 Å². The Kier molecular flexibility index (Phi) is 6.28. The first-order valence-corrected chi connectivity index (χ1v) is 10.9. The maximum atomic E-state index is 14.1. The summed E-state index contributed by atoms with van der Waals surface area (Å²) in [5, 5.41) is 7.59. The molecule has 2 aromatic carbocycles. The summed E-state index contributed by atoms with van der Waals surface area (Å²) in [6, 6.07) is 15.0. The summed E-state index contributed by atoms with van der Waals surface area (Å²) in [6.45, 7) is 0. The normalized spacial score (nSPS) is 18.6. The number of nitrogens with one attached hydrogen (secondary N) is 2. The second-order valence-corrected chi connectivity index (χ2v) is 8.61. The molecule has 162 valence electrons. The van der Waals surface area contributed by atoms with E-state index in [1.54, 1.807) is 6.07 Å². The quantitative estimate of drug-likeness (QED) is 0.569. The monoisotopic (exact) mass is 440 g/mol. The average molecular weight is 441 g/mol. The zero-order valence-electron chi connectivity index (χ0n) is 17.7. The second-order valence-electron chi connectivity index (χ2n) is 8.21. The topological polar surface area (TPSA) is 57.3 Å². The summed E-state index contributed by atoms with van der Waals surface area (Å²) in [6.07, 6.45) is 3.43. The van der Waals surface area contributed by atoms with Crippen LogP contribution in [0.25, 0.3) is 10.9 Å². The van der Waals surface area contributed by atoms with Gasteiger partial charge in [0.15, 0.2) is 5.82 Å². The van der Waals surface area contributed by atoms with Crippen LogP contribution in [0.15, 0.2) is 48.5 Å². The number of fused-ring (bicyclic) bond motifs is 1. The third-order valence-electron chi connectivity index (χ3n) is 5.79. The van der Waals surface area contributed by atoms with E-state index in [0.717, 1.165) is 48.1 Å². The van der Waals surface area contributed by atoms with Gasteiger partial charge in [-0.25, -0.2) is 9.37 Å². The number of aromatic nitrogens is 1. The van der Waals surface area contributed by atoms with Crippen LogP contribution in [0.5, 0.6) is 0 Å². The molecule has 0 spiro atoms.